The Balaban J connectivity index is -0.000000492. The van der Waals surface area contributed by atoms with E-state index in [1.54, 1.807) is 0 Å². The first kappa shape index (κ1) is 41.3. The first-order valence-electron chi connectivity index (χ1n) is 16.1. The van der Waals surface area contributed by atoms with Crippen molar-refractivity contribution in [1.29, 1.82) is 0 Å². The maximum absolute atomic E-state index is 9.90. The highest BCUT2D eigenvalue weighted by Crippen LogP contribution is 2.12. The van der Waals surface area contributed by atoms with Gasteiger partial charge in [0.25, 0.3) is 0 Å². The minimum absolute atomic E-state index is 0.0628. The molecule has 0 aromatic rings. The number of rotatable bonds is 27. The van der Waals surface area contributed by atoms with Gasteiger partial charge in [0.2, 0.25) is 0 Å². The van der Waals surface area contributed by atoms with Gasteiger partial charge in [-0.1, -0.05) is 142 Å². The van der Waals surface area contributed by atoms with Crippen LogP contribution >= 0.6 is 0 Å². The molecule has 0 rings (SSSR count). The van der Waals surface area contributed by atoms with E-state index in [9.17, 15) is 9.59 Å². The van der Waals surface area contributed by atoms with Crippen LogP contribution in [0.1, 0.15) is 181 Å². The van der Waals surface area contributed by atoms with Gasteiger partial charge in [0.15, 0.2) is 0 Å². The molecule has 0 amide bonds. The molecule has 0 spiro atoms. The van der Waals surface area contributed by atoms with Crippen molar-refractivity contribution >= 4 is 11.9 Å². The summed E-state index contributed by atoms with van der Waals surface area (Å²) >= 11 is 0. The summed E-state index contributed by atoms with van der Waals surface area (Å²) in [5, 5.41) is 33.4. The molecule has 0 aromatic heterocycles. The second kappa shape index (κ2) is 40.4. The third kappa shape index (κ3) is 51.5. The first-order valence-corrected chi connectivity index (χ1v) is 16.1. The zero-order chi connectivity index (χ0) is 29.0. The number of aliphatic carboxylic acids is 2. The lowest BCUT2D eigenvalue weighted by Gasteiger charge is -2.01. The summed E-state index contributed by atoms with van der Waals surface area (Å²) < 4.78 is 0. The van der Waals surface area contributed by atoms with Crippen LogP contribution in [0.25, 0.3) is 0 Å². The number of hydrogen-bond donors (Lipinski definition) is 4. The van der Waals surface area contributed by atoms with Crippen LogP contribution < -0.4 is 0 Å². The first-order chi connectivity index (χ1) is 18.5. The minimum atomic E-state index is -0.870. The quantitative estimate of drug-likeness (QED) is 0.0763. The Kier molecular flexibility index (Phi) is 43.9. The smallest absolute Gasteiger partial charge is 0.303 e. The molecule has 0 atom stereocenters. The highest BCUT2D eigenvalue weighted by molar-refractivity contribution is 5.67. The van der Waals surface area contributed by atoms with Crippen molar-refractivity contribution in [3.63, 3.8) is 0 Å². The summed E-state index contributed by atoms with van der Waals surface area (Å²) in [5.41, 5.74) is 0. The number of aliphatic hydroxyl groups is 2. The summed E-state index contributed by atoms with van der Waals surface area (Å²) in [5.74, 6) is -1.74. The summed E-state index contributed by atoms with van der Waals surface area (Å²) in [7, 11) is 0. The predicted molar refractivity (Wildman–Crippen MR) is 161 cm³/mol. The van der Waals surface area contributed by atoms with Gasteiger partial charge in [-0.3, -0.25) is 9.59 Å². The molecule has 4 N–H and O–H groups in total. The molecule has 0 aromatic carbocycles. The summed E-state index contributed by atoms with van der Waals surface area (Å²) in [4.78, 5) is 19.8. The van der Waals surface area contributed by atoms with Gasteiger partial charge in [-0.05, 0) is 25.7 Å². The largest absolute Gasteiger partial charge is 0.481 e. The number of carboxylic acids is 2. The van der Waals surface area contributed by atoms with Gasteiger partial charge in [-0.15, -0.1) is 0 Å². The molecule has 0 bridgehead atoms. The van der Waals surface area contributed by atoms with E-state index in [2.05, 4.69) is 13.8 Å². The fourth-order valence-corrected chi connectivity index (χ4v) is 4.10. The van der Waals surface area contributed by atoms with Crippen molar-refractivity contribution in [1.82, 2.24) is 0 Å². The predicted octanol–water partition coefficient (Wildman–Crippen LogP) is 9.30. The van der Waals surface area contributed by atoms with E-state index in [4.69, 9.17) is 20.4 Å². The topological polar surface area (TPSA) is 115 Å². The zero-order valence-electron chi connectivity index (χ0n) is 25.4. The van der Waals surface area contributed by atoms with Crippen molar-refractivity contribution in [2.45, 2.75) is 181 Å². The molecule has 230 valence electrons. The minimum Gasteiger partial charge on any atom is -0.481 e. The Labute approximate surface area is 236 Å². The zero-order valence-corrected chi connectivity index (χ0v) is 25.4. The third-order valence-corrected chi connectivity index (χ3v) is 6.55. The van der Waals surface area contributed by atoms with E-state index in [-0.39, 0.29) is 12.8 Å². The maximum atomic E-state index is 9.90. The van der Waals surface area contributed by atoms with E-state index in [0.717, 1.165) is 12.8 Å². The van der Waals surface area contributed by atoms with Crippen molar-refractivity contribution in [2.24, 2.45) is 0 Å². The molecule has 0 aliphatic rings. The molecule has 0 aliphatic carbocycles. The Hall–Kier alpha value is -1.14. The molecule has 0 saturated carbocycles. The molecule has 0 heterocycles. The Bertz CT molecular complexity index is 378. The van der Waals surface area contributed by atoms with Crippen LogP contribution in [0.2, 0.25) is 0 Å². The second-order valence-electron chi connectivity index (χ2n) is 10.5. The molecule has 6 heteroatoms. The van der Waals surface area contributed by atoms with E-state index in [1.807, 2.05) is 0 Å². The molecular weight excluding hydrogens is 480 g/mol. The van der Waals surface area contributed by atoms with E-state index in [1.165, 1.54) is 128 Å². The fourth-order valence-electron chi connectivity index (χ4n) is 4.10. The standard InChI is InChI=1S/2C13H28O.C6H10O4/c2*1-2-3-4-5-6-7-8-9-10-11-12-13-14;7-5(8)3-1-2-4-6(9)10/h2*14H,2-13H2,1H3;1-4H2,(H,7,8)(H,9,10). The van der Waals surface area contributed by atoms with Gasteiger partial charge in [0, 0.05) is 26.1 Å². The molecular formula is C32H66O6. The van der Waals surface area contributed by atoms with Crippen LogP contribution in [-0.2, 0) is 9.59 Å². The molecule has 0 fully saturated rings. The molecule has 38 heavy (non-hydrogen) atoms. The summed E-state index contributed by atoms with van der Waals surface area (Å²) in [6.45, 7) is 5.27. The lowest BCUT2D eigenvalue weighted by molar-refractivity contribution is -0.139. The SMILES string of the molecule is CCCCCCCCCCCCCO.CCCCCCCCCCCCCO.O=C(O)CCCCC(=O)O. The highest BCUT2D eigenvalue weighted by atomic mass is 16.4. The van der Waals surface area contributed by atoms with Crippen LogP contribution in [0.15, 0.2) is 0 Å². The lowest BCUT2D eigenvalue weighted by atomic mass is 10.1. The van der Waals surface area contributed by atoms with Gasteiger partial charge < -0.3 is 20.4 Å². The summed E-state index contributed by atoms with van der Waals surface area (Å²) in [6.07, 6.45) is 30.6. The number of carbonyl (C=O) groups is 2. The van der Waals surface area contributed by atoms with Gasteiger partial charge >= 0.3 is 11.9 Å². The average molecular weight is 547 g/mol. The number of aliphatic hydroxyl groups excluding tert-OH is 2. The normalized spacial score (nSPS) is 10.3. The van der Waals surface area contributed by atoms with Crippen molar-refractivity contribution in [2.75, 3.05) is 13.2 Å². The third-order valence-electron chi connectivity index (χ3n) is 6.55. The van der Waals surface area contributed by atoms with Crippen molar-refractivity contribution in [3.05, 3.63) is 0 Å². The average Bonchev–Trinajstić information content (AvgIpc) is 2.89. The van der Waals surface area contributed by atoms with Gasteiger partial charge in [0.05, 0.1) is 0 Å². The van der Waals surface area contributed by atoms with Gasteiger partial charge in [0.1, 0.15) is 0 Å². The number of carboxylic acid groups (broad SMARTS) is 2. The Morgan fingerprint density at radius 2 is 0.579 bits per heavy atom. The molecule has 0 radical (unpaired) electrons. The van der Waals surface area contributed by atoms with Crippen LogP contribution in [0.4, 0.5) is 0 Å². The van der Waals surface area contributed by atoms with Crippen molar-refractivity contribution < 1.29 is 30.0 Å². The van der Waals surface area contributed by atoms with Crippen LogP contribution in [0.3, 0.4) is 0 Å². The fraction of sp³-hybridized carbons (Fsp3) is 0.938. The van der Waals surface area contributed by atoms with Gasteiger partial charge in [-0.25, -0.2) is 0 Å². The molecule has 0 aliphatic heterocycles. The molecule has 0 saturated heterocycles. The highest BCUT2D eigenvalue weighted by Gasteiger charge is 1.99. The summed E-state index contributed by atoms with van der Waals surface area (Å²) in [6, 6.07) is 0. The van der Waals surface area contributed by atoms with Gasteiger partial charge in [-0.2, -0.15) is 0 Å². The lowest BCUT2D eigenvalue weighted by Crippen LogP contribution is -1.97. The van der Waals surface area contributed by atoms with Crippen LogP contribution in [-0.4, -0.2) is 45.6 Å². The van der Waals surface area contributed by atoms with Crippen molar-refractivity contribution in [3.8, 4) is 0 Å². The van der Waals surface area contributed by atoms with E-state index < -0.39 is 11.9 Å². The Morgan fingerprint density at radius 1 is 0.368 bits per heavy atom. The van der Waals surface area contributed by atoms with Crippen LogP contribution in [0, 0.1) is 0 Å². The number of hydrogen-bond acceptors (Lipinski definition) is 4. The Morgan fingerprint density at radius 3 is 0.763 bits per heavy atom. The molecule has 0 unspecified atom stereocenters. The monoisotopic (exact) mass is 546 g/mol. The van der Waals surface area contributed by atoms with E-state index >= 15 is 0 Å². The second-order valence-corrected chi connectivity index (χ2v) is 10.5. The maximum Gasteiger partial charge on any atom is 0.303 e. The number of unbranched alkanes of at least 4 members (excludes halogenated alkanes) is 21. The van der Waals surface area contributed by atoms with Crippen LogP contribution in [0.5, 0.6) is 0 Å². The van der Waals surface area contributed by atoms with E-state index in [0.29, 0.717) is 26.1 Å². The molecule has 6 nitrogen and oxygen atoms in total.